The number of carbonyl (C=O) groups excluding carboxylic acids is 2. The number of hydrogen-bond donors (Lipinski definition) is 2. The summed E-state index contributed by atoms with van der Waals surface area (Å²) in [5, 5.41) is 6.94. The molecule has 0 spiro atoms. The fourth-order valence-corrected chi connectivity index (χ4v) is 5.30. The fraction of sp³-hybridized carbons (Fsp3) is 0.261. The molecule has 1 aromatic carbocycles. The minimum absolute atomic E-state index is 0.177. The van der Waals surface area contributed by atoms with Crippen LogP contribution in [-0.4, -0.2) is 27.9 Å². The molecule has 0 fully saturated rings. The monoisotopic (exact) mass is 448 g/mol. The summed E-state index contributed by atoms with van der Waals surface area (Å²) in [6.45, 7) is -0.368. The van der Waals surface area contributed by atoms with Gasteiger partial charge in [0.2, 0.25) is 17.3 Å². The zero-order chi connectivity index (χ0) is 22.1. The minimum atomic E-state index is -0.419. The molecule has 9 heteroatoms. The number of aromatic nitrogens is 3. The largest absolute Gasteiger partial charge is 0.345 e. The van der Waals surface area contributed by atoms with Crippen LogP contribution in [0.5, 0.6) is 0 Å². The lowest BCUT2D eigenvalue weighted by Crippen LogP contribution is -2.37. The lowest BCUT2D eigenvalue weighted by atomic mass is 9.97. The third-order valence-corrected chi connectivity index (χ3v) is 6.84. The van der Waals surface area contributed by atoms with Gasteiger partial charge in [0.1, 0.15) is 17.1 Å². The molecule has 0 saturated carbocycles. The summed E-state index contributed by atoms with van der Waals surface area (Å²) in [6, 6.07) is 9.59. The van der Waals surface area contributed by atoms with Gasteiger partial charge in [0.25, 0.3) is 5.56 Å². The maximum Gasteiger partial charge on any atom is 0.262 e. The van der Waals surface area contributed by atoms with E-state index in [1.165, 1.54) is 15.8 Å². The first kappa shape index (κ1) is 20.3. The number of rotatable bonds is 5. The van der Waals surface area contributed by atoms with Crippen LogP contribution in [-0.2, 0) is 29.0 Å². The van der Waals surface area contributed by atoms with Crippen LogP contribution in [0.15, 0.2) is 47.7 Å². The highest BCUT2D eigenvalue weighted by Gasteiger charge is 2.20. The highest BCUT2D eigenvalue weighted by molar-refractivity contribution is 7.18. The molecule has 3 heterocycles. The topological polar surface area (TPSA) is 107 Å². The normalized spacial score (nSPS) is 13.1. The molecule has 0 radical (unpaired) electrons. The number of pyridine rings is 1. The van der Waals surface area contributed by atoms with E-state index in [9.17, 15) is 14.4 Å². The second-order valence-corrected chi connectivity index (χ2v) is 8.95. The lowest BCUT2D eigenvalue weighted by molar-refractivity contribution is -0.343. The van der Waals surface area contributed by atoms with Gasteiger partial charge in [0.15, 0.2) is 6.20 Å². The second-order valence-electron chi connectivity index (χ2n) is 7.87. The number of nitrogens with zero attached hydrogens (tertiary/aromatic N) is 2. The van der Waals surface area contributed by atoms with Crippen molar-refractivity contribution in [3.63, 3.8) is 0 Å². The number of amides is 2. The summed E-state index contributed by atoms with van der Waals surface area (Å²) in [7, 11) is 0. The standard InChI is InChI=1S/C23H21N5O3S/c29-19(27-15-9-14-5-1-3-7-17(14)24-10-15)11-25-20(30)12-28-13-26-22-21(23(28)31)16-6-2-4-8-18(16)32-22/h1,3,5,7,9-10,13H,2,4,6,8,11-12H2,(H,25,30)(H,27,29)/p+1. The predicted molar refractivity (Wildman–Crippen MR) is 123 cm³/mol. The Kier molecular flexibility index (Phi) is 5.40. The Morgan fingerprint density at radius 2 is 2.00 bits per heavy atom. The third kappa shape index (κ3) is 3.99. The predicted octanol–water partition coefficient (Wildman–Crippen LogP) is 2.06. The van der Waals surface area contributed by atoms with Crippen molar-refractivity contribution < 1.29 is 14.6 Å². The molecule has 0 aliphatic heterocycles. The molecule has 2 amide bonds. The van der Waals surface area contributed by atoms with E-state index in [-0.39, 0.29) is 24.6 Å². The molecular formula is C23H22N5O3S+. The molecule has 0 saturated heterocycles. The Hall–Kier alpha value is -3.59. The van der Waals surface area contributed by atoms with Crippen molar-refractivity contribution in [3.05, 3.63) is 63.7 Å². The minimum Gasteiger partial charge on any atom is -0.345 e. The molecule has 3 aromatic heterocycles. The summed E-state index contributed by atoms with van der Waals surface area (Å²) in [5.41, 5.74) is 2.47. The zero-order valence-corrected chi connectivity index (χ0v) is 18.1. The molecule has 0 unspecified atom stereocenters. The molecule has 5 rings (SSSR count). The van der Waals surface area contributed by atoms with E-state index in [0.29, 0.717) is 11.1 Å². The SMILES string of the molecule is O=C(Cn1cnc2sc3c(c2c1=O)CCCC3)NCC(=O)Nc1c[nH+]c2ccccc2c1. The van der Waals surface area contributed by atoms with Gasteiger partial charge in [0, 0.05) is 16.3 Å². The van der Waals surface area contributed by atoms with Crippen LogP contribution >= 0.6 is 11.3 Å². The third-order valence-electron chi connectivity index (χ3n) is 5.64. The number of carbonyl (C=O) groups is 2. The quantitative estimate of drug-likeness (QED) is 0.487. The molecule has 0 bridgehead atoms. The Labute approximate surface area is 187 Å². The van der Waals surface area contributed by atoms with Gasteiger partial charge in [-0.15, -0.1) is 11.3 Å². The first-order chi connectivity index (χ1) is 15.6. The Balaban J connectivity index is 1.22. The maximum absolute atomic E-state index is 13.0. The first-order valence-corrected chi connectivity index (χ1v) is 11.4. The molecule has 0 atom stereocenters. The Morgan fingerprint density at radius 3 is 2.91 bits per heavy atom. The lowest BCUT2D eigenvalue weighted by Gasteiger charge is -2.10. The van der Waals surface area contributed by atoms with E-state index in [4.69, 9.17) is 0 Å². The van der Waals surface area contributed by atoms with Crippen molar-refractivity contribution in [1.29, 1.82) is 0 Å². The molecule has 8 nitrogen and oxygen atoms in total. The van der Waals surface area contributed by atoms with Gasteiger partial charge in [-0.25, -0.2) is 9.97 Å². The molecule has 3 N–H and O–H groups in total. The zero-order valence-electron chi connectivity index (χ0n) is 17.3. The molecule has 1 aliphatic carbocycles. The van der Waals surface area contributed by atoms with Crippen LogP contribution in [0.2, 0.25) is 0 Å². The second kappa shape index (κ2) is 8.51. The Bertz CT molecular complexity index is 1410. The van der Waals surface area contributed by atoms with Crippen LogP contribution in [0.4, 0.5) is 5.69 Å². The van der Waals surface area contributed by atoms with Gasteiger partial charge in [-0.05, 0) is 43.4 Å². The highest BCUT2D eigenvalue weighted by atomic mass is 32.1. The number of para-hydroxylation sites is 1. The van der Waals surface area contributed by atoms with Crippen LogP contribution < -0.4 is 21.2 Å². The van der Waals surface area contributed by atoms with Crippen LogP contribution in [0.3, 0.4) is 0 Å². The van der Waals surface area contributed by atoms with E-state index < -0.39 is 5.91 Å². The molecule has 162 valence electrons. The van der Waals surface area contributed by atoms with Gasteiger partial charge >= 0.3 is 0 Å². The summed E-state index contributed by atoms with van der Waals surface area (Å²) < 4.78 is 1.31. The molecule has 1 aliphatic rings. The van der Waals surface area contributed by atoms with Gasteiger partial charge in [0.05, 0.1) is 18.3 Å². The van der Waals surface area contributed by atoms with Crippen molar-refractivity contribution in [1.82, 2.24) is 14.9 Å². The van der Waals surface area contributed by atoms with E-state index >= 15 is 0 Å². The van der Waals surface area contributed by atoms with Crippen LogP contribution in [0, 0.1) is 0 Å². The van der Waals surface area contributed by atoms with Gasteiger partial charge in [-0.3, -0.25) is 19.0 Å². The number of aryl methyl sites for hydroxylation is 2. The first-order valence-electron chi connectivity index (χ1n) is 10.6. The van der Waals surface area contributed by atoms with Crippen LogP contribution in [0.1, 0.15) is 23.3 Å². The number of nitrogens with one attached hydrogen (secondary N) is 3. The maximum atomic E-state index is 13.0. The van der Waals surface area contributed by atoms with Crippen molar-refractivity contribution in [2.75, 3.05) is 11.9 Å². The number of hydrogen-bond acceptors (Lipinski definition) is 5. The fourth-order valence-electron chi connectivity index (χ4n) is 4.08. The van der Waals surface area contributed by atoms with E-state index in [1.807, 2.05) is 30.3 Å². The van der Waals surface area contributed by atoms with Crippen molar-refractivity contribution in [3.8, 4) is 0 Å². The van der Waals surface area contributed by atoms with E-state index in [2.05, 4.69) is 20.6 Å². The summed E-state index contributed by atoms with van der Waals surface area (Å²) in [5.74, 6) is -0.771. The molecular weight excluding hydrogens is 426 g/mol. The molecule has 4 aromatic rings. The van der Waals surface area contributed by atoms with Gasteiger partial charge in [-0.1, -0.05) is 12.1 Å². The average molecular weight is 449 g/mol. The summed E-state index contributed by atoms with van der Waals surface area (Å²) in [4.78, 5) is 47.1. The highest BCUT2D eigenvalue weighted by Crippen LogP contribution is 2.33. The number of anilines is 1. The van der Waals surface area contributed by atoms with Crippen molar-refractivity contribution in [2.24, 2.45) is 0 Å². The smallest absolute Gasteiger partial charge is 0.262 e. The summed E-state index contributed by atoms with van der Waals surface area (Å²) >= 11 is 1.58. The van der Waals surface area contributed by atoms with E-state index in [1.54, 1.807) is 17.5 Å². The number of benzene rings is 1. The number of fused-ring (bicyclic) bond motifs is 4. The number of H-pyrrole nitrogens is 1. The molecule has 32 heavy (non-hydrogen) atoms. The number of aromatic amines is 1. The van der Waals surface area contributed by atoms with Gasteiger partial charge in [-0.2, -0.15) is 0 Å². The Morgan fingerprint density at radius 1 is 1.16 bits per heavy atom. The van der Waals surface area contributed by atoms with Crippen molar-refractivity contribution >= 4 is 50.0 Å². The van der Waals surface area contributed by atoms with Crippen molar-refractivity contribution in [2.45, 2.75) is 32.2 Å². The summed E-state index contributed by atoms with van der Waals surface area (Å²) in [6.07, 6.45) is 7.18. The number of thiophene rings is 1. The van der Waals surface area contributed by atoms with E-state index in [0.717, 1.165) is 47.0 Å². The van der Waals surface area contributed by atoms with Gasteiger partial charge < -0.3 is 10.6 Å². The average Bonchev–Trinajstić information content (AvgIpc) is 3.19. The van der Waals surface area contributed by atoms with Crippen LogP contribution in [0.25, 0.3) is 21.1 Å².